The number of nitrogens with zero attached hydrogens (tertiary/aromatic N) is 1. The predicted octanol–water partition coefficient (Wildman–Crippen LogP) is 3.68. The topological polar surface area (TPSA) is 34.2 Å². The van der Waals surface area contributed by atoms with Crippen LogP contribution in [0, 0.1) is 13.8 Å². The summed E-state index contributed by atoms with van der Waals surface area (Å²) in [6.45, 7) is 7.30. The molecule has 1 aromatic carbocycles. The zero-order valence-corrected chi connectivity index (χ0v) is 11.5. The fraction of sp³-hybridized carbons (Fsp3) is 0.400. The lowest BCUT2D eigenvalue weighted by Gasteiger charge is -2.14. The van der Waals surface area contributed by atoms with Crippen molar-refractivity contribution >= 4 is 16.6 Å². The van der Waals surface area contributed by atoms with Crippen LogP contribution in [0.2, 0.25) is 0 Å². The highest BCUT2D eigenvalue weighted by Crippen LogP contribution is 2.30. The van der Waals surface area contributed by atoms with E-state index >= 15 is 0 Å². The normalized spacial score (nSPS) is 10.7. The van der Waals surface area contributed by atoms with E-state index in [-0.39, 0.29) is 0 Å². The van der Waals surface area contributed by atoms with Crippen LogP contribution in [-0.2, 0) is 0 Å². The number of hydrogen-bond donors (Lipinski definition) is 1. The monoisotopic (exact) mass is 244 g/mol. The number of fused-ring (bicyclic) bond motifs is 1. The molecule has 0 bridgehead atoms. The van der Waals surface area contributed by atoms with Gasteiger partial charge in [0.1, 0.15) is 5.75 Å². The van der Waals surface area contributed by atoms with Gasteiger partial charge in [-0.2, -0.15) is 0 Å². The van der Waals surface area contributed by atoms with Crippen LogP contribution in [0.15, 0.2) is 18.2 Å². The molecule has 0 amide bonds. The molecule has 3 heteroatoms. The Hall–Kier alpha value is -1.77. The van der Waals surface area contributed by atoms with Crippen LogP contribution in [0.3, 0.4) is 0 Å². The van der Waals surface area contributed by atoms with E-state index < -0.39 is 0 Å². The SMILES string of the molecule is CCCNc1c(C)c(C)nc2ccc(OC)cc12. The lowest BCUT2D eigenvalue weighted by molar-refractivity contribution is 0.415. The molecule has 0 aliphatic heterocycles. The van der Waals surface area contributed by atoms with Crippen LogP contribution in [-0.4, -0.2) is 18.6 Å². The van der Waals surface area contributed by atoms with E-state index in [9.17, 15) is 0 Å². The summed E-state index contributed by atoms with van der Waals surface area (Å²) in [7, 11) is 1.69. The summed E-state index contributed by atoms with van der Waals surface area (Å²) >= 11 is 0. The summed E-state index contributed by atoms with van der Waals surface area (Å²) in [4.78, 5) is 4.62. The number of hydrogen-bond acceptors (Lipinski definition) is 3. The highest BCUT2D eigenvalue weighted by atomic mass is 16.5. The number of nitrogens with one attached hydrogen (secondary N) is 1. The third-order valence-electron chi connectivity index (χ3n) is 3.23. The zero-order chi connectivity index (χ0) is 13.1. The Kier molecular flexibility index (Phi) is 3.70. The van der Waals surface area contributed by atoms with Gasteiger partial charge >= 0.3 is 0 Å². The molecule has 1 aromatic heterocycles. The lowest BCUT2D eigenvalue weighted by atomic mass is 10.1. The molecule has 18 heavy (non-hydrogen) atoms. The molecule has 0 radical (unpaired) electrons. The first kappa shape index (κ1) is 12.7. The number of methoxy groups -OCH3 is 1. The number of benzene rings is 1. The van der Waals surface area contributed by atoms with Crippen LogP contribution in [0.4, 0.5) is 5.69 Å². The fourth-order valence-corrected chi connectivity index (χ4v) is 2.07. The Labute approximate surface area is 108 Å². The van der Waals surface area contributed by atoms with E-state index in [4.69, 9.17) is 4.74 Å². The summed E-state index contributed by atoms with van der Waals surface area (Å²) in [6, 6.07) is 6.01. The fourth-order valence-electron chi connectivity index (χ4n) is 2.07. The number of anilines is 1. The van der Waals surface area contributed by atoms with Crippen molar-refractivity contribution < 1.29 is 4.74 Å². The average Bonchev–Trinajstić information content (AvgIpc) is 2.39. The van der Waals surface area contributed by atoms with Gasteiger partial charge < -0.3 is 10.1 Å². The van der Waals surface area contributed by atoms with Gasteiger partial charge in [0.25, 0.3) is 0 Å². The smallest absolute Gasteiger partial charge is 0.119 e. The summed E-state index contributed by atoms with van der Waals surface area (Å²) in [5.41, 5.74) is 4.48. The molecule has 0 unspecified atom stereocenters. The average molecular weight is 244 g/mol. The van der Waals surface area contributed by atoms with Crippen molar-refractivity contribution in [3.8, 4) is 5.75 Å². The van der Waals surface area contributed by atoms with Gasteiger partial charge in [0.2, 0.25) is 0 Å². The third kappa shape index (κ3) is 2.26. The molecule has 0 fully saturated rings. The van der Waals surface area contributed by atoms with Gasteiger partial charge in [-0.05, 0) is 44.0 Å². The summed E-state index contributed by atoms with van der Waals surface area (Å²) < 4.78 is 5.30. The predicted molar refractivity (Wildman–Crippen MR) is 76.5 cm³/mol. The Morgan fingerprint density at radius 3 is 2.72 bits per heavy atom. The Balaban J connectivity index is 2.64. The molecule has 0 atom stereocenters. The number of aryl methyl sites for hydroxylation is 1. The number of ether oxygens (including phenoxy) is 1. The first-order valence-electron chi connectivity index (χ1n) is 6.36. The van der Waals surface area contributed by atoms with Crippen molar-refractivity contribution in [3.63, 3.8) is 0 Å². The van der Waals surface area contributed by atoms with Crippen molar-refractivity contribution in [2.24, 2.45) is 0 Å². The van der Waals surface area contributed by atoms with Gasteiger partial charge in [-0.25, -0.2) is 0 Å². The molecule has 96 valence electrons. The molecule has 0 saturated carbocycles. The van der Waals surface area contributed by atoms with Crippen LogP contribution in [0.1, 0.15) is 24.6 Å². The maximum atomic E-state index is 5.30. The van der Waals surface area contributed by atoms with E-state index in [0.717, 1.165) is 35.3 Å². The van der Waals surface area contributed by atoms with E-state index in [1.165, 1.54) is 11.3 Å². The molecule has 1 heterocycles. The van der Waals surface area contributed by atoms with Crippen LogP contribution in [0.5, 0.6) is 5.75 Å². The van der Waals surface area contributed by atoms with Crippen molar-refractivity contribution in [2.75, 3.05) is 19.0 Å². The number of pyridine rings is 1. The molecule has 1 N–H and O–H groups in total. The first-order chi connectivity index (χ1) is 8.67. The first-order valence-corrected chi connectivity index (χ1v) is 6.36. The maximum absolute atomic E-state index is 5.30. The maximum Gasteiger partial charge on any atom is 0.119 e. The Morgan fingerprint density at radius 2 is 2.06 bits per heavy atom. The zero-order valence-electron chi connectivity index (χ0n) is 11.5. The van der Waals surface area contributed by atoms with E-state index in [1.807, 2.05) is 18.2 Å². The van der Waals surface area contributed by atoms with E-state index in [2.05, 4.69) is 31.1 Å². The standard InChI is InChI=1S/C15H20N2O/c1-5-8-16-15-10(2)11(3)17-14-7-6-12(18-4)9-13(14)15/h6-7,9H,5,8H2,1-4H3,(H,16,17). The number of aromatic nitrogens is 1. The van der Waals surface area contributed by atoms with Crippen LogP contribution >= 0.6 is 0 Å². The minimum atomic E-state index is 0.868. The number of rotatable bonds is 4. The van der Waals surface area contributed by atoms with Crippen molar-refractivity contribution in [2.45, 2.75) is 27.2 Å². The van der Waals surface area contributed by atoms with E-state index in [0.29, 0.717) is 0 Å². The highest BCUT2D eigenvalue weighted by molar-refractivity contribution is 5.94. The Bertz CT molecular complexity index is 564. The van der Waals surface area contributed by atoms with Crippen LogP contribution in [0.25, 0.3) is 10.9 Å². The molecule has 0 spiro atoms. The largest absolute Gasteiger partial charge is 0.497 e. The van der Waals surface area contributed by atoms with Gasteiger partial charge in [0.15, 0.2) is 0 Å². The highest BCUT2D eigenvalue weighted by Gasteiger charge is 2.09. The quantitative estimate of drug-likeness (QED) is 0.890. The minimum absolute atomic E-state index is 0.868. The van der Waals surface area contributed by atoms with Gasteiger partial charge in [-0.3, -0.25) is 4.98 Å². The molecule has 3 nitrogen and oxygen atoms in total. The molecular weight excluding hydrogens is 224 g/mol. The second-order valence-corrected chi connectivity index (χ2v) is 4.51. The van der Waals surface area contributed by atoms with Gasteiger partial charge in [-0.15, -0.1) is 0 Å². The summed E-state index contributed by atoms with van der Waals surface area (Å²) in [5, 5.41) is 4.63. The molecule has 0 aliphatic rings. The molecule has 2 aromatic rings. The molecule has 0 aliphatic carbocycles. The second kappa shape index (κ2) is 5.25. The van der Waals surface area contributed by atoms with E-state index in [1.54, 1.807) is 7.11 Å². The third-order valence-corrected chi connectivity index (χ3v) is 3.23. The molecule has 0 saturated heterocycles. The van der Waals surface area contributed by atoms with Crippen molar-refractivity contribution in [1.82, 2.24) is 4.98 Å². The van der Waals surface area contributed by atoms with Crippen molar-refractivity contribution in [3.05, 3.63) is 29.5 Å². The van der Waals surface area contributed by atoms with Crippen molar-refractivity contribution in [1.29, 1.82) is 0 Å². The van der Waals surface area contributed by atoms with Gasteiger partial charge in [0, 0.05) is 23.3 Å². The van der Waals surface area contributed by atoms with Gasteiger partial charge in [0.05, 0.1) is 12.6 Å². The minimum Gasteiger partial charge on any atom is -0.497 e. The van der Waals surface area contributed by atoms with Crippen LogP contribution < -0.4 is 10.1 Å². The second-order valence-electron chi connectivity index (χ2n) is 4.51. The lowest BCUT2D eigenvalue weighted by Crippen LogP contribution is -2.04. The summed E-state index contributed by atoms with van der Waals surface area (Å²) in [5.74, 6) is 0.868. The van der Waals surface area contributed by atoms with Gasteiger partial charge in [-0.1, -0.05) is 6.92 Å². The molecule has 2 rings (SSSR count). The molecular formula is C15H20N2O. The Morgan fingerprint density at radius 1 is 1.28 bits per heavy atom. The summed E-state index contributed by atoms with van der Waals surface area (Å²) in [6.07, 6.45) is 1.10.